The normalized spacial score (nSPS) is 28.5. The Morgan fingerprint density at radius 2 is 2.33 bits per heavy atom. The number of alkyl halides is 1. The van der Waals surface area contributed by atoms with Crippen molar-refractivity contribution in [3.8, 4) is 0 Å². The molecule has 1 rings (SSSR count). The first-order chi connectivity index (χ1) is 2.43. The molecule has 1 atom stereocenters. The number of hydrogen-bond donors (Lipinski definition) is 0. The van der Waals surface area contributed by atoms with E-state index in [0.717, 1.165) is 6.61 Å². The Balaban J connectivity index is 0.000000250. The van der Waals surface area contributed by atoms with Crippen LogP contribution in [0.2, 0.25) is 0 Å². The summed E-state index contributed by atoms with van der Waals surface area (Å²) in [6.07, 6.45) is 0.400. The van der Waals surface area contributed by atoms with Crippen molar-refractivity contribution in [2.24, 2.45) is 0 Å². The molecule has 0 bridgehead atoms. The van der Waals surface area contributed by atoms with Gasteiger partial charge in [0.05, 0.1) is 18.6 Å². The summed E-state index contributed by atoms with van der Waals surface area (Å²) in [6, 6.07) is 0. The summed E-state index contributed by atoms with van der Waals surface area (Å²) in [7, 11) is 0. The summed E-state index contributed by atoms with van der Waals surface area (Å²) in [5.74, 6) is 0.667. The van der Waals surface area contributed by atoms with E-state index in [1.807, 2.05) is 0 Å². The van der Waals surface area contributed by atoms with Crippen molar-refractivity contribution in [2.45, 2.75) is 6.10 Å². The third-order valence-electron chi connectivity index (χ3n) is 0.574. The fraction of sp³-hybridized carbons (Fsp3) is 1.00. The molecule has 0 aromatic rings. The Bertz CT molecular complexity index is 37.8. The van der Waals surface area contributed by atoms with Gasteiger partial charge < -0.3 is 4.74 Å². The molecule has 1 heterocycles. The van der Waals surface area contributed by atoms with Gasteiger partial charge in [-0.15, -0.1) is 11.6 Å². The van der Waals surface area contributed by atoms with Gasteiger partial charge in [0.1, 0.15) is 0 Å². The fourth-order valence-corrected chi connectivity index (χ4v) is 0.335. The maximum atomic E-state index is 5.27. The Kier molecular flexibility index (Phi) is 3.84. The summed E-state index contributed by atoms with van der Waals surface area (Å²) in [5.41, 5.74) is 0. The van der Waals surface area contributed by atoms with Gasteiger partial charge in [0, 0.05) is 0 Å². The minimum absolute atomic E-state index is 0. The third-order valence-corrected chi connectivity index (χ3v) is 0.919. The van der Waals surface area contributed by atoms with Gasteiger partial charge in [-0.25, -0.2) is 0 Å². The number of halogens is 1. The molecule has 0 amide bonds. The van der Waals surface area contributed by atoms with E-state index in [4.69, 9.17) is 16.3 Å². The van der Waals surface area contributed by atoms with Crippen molar-refractivity contribution in [2.75, 3.05) is 12.5 Å². The number of rotatable bonds is 1. The van der Waals surface area contributed by atoms with E-state index in [9.17, 15) is 0 Å². The van der Waals surface area contributed by atoms with Crippen molar-refractivity contribution < 1.29 is 4.74 Å². The van der Waals surface area contributed by atoms with Crippen LogP contribution in [0.1, 0.15) is 0 Å². The molecule has 0 N–H and O–H groups in total. The number of ether oxygens (including phenoxy) is 1. The van der Waals surface area contributed by atoms with Crippen LogP contribution in [0.4, 0.5) is 0 Å². The molecule has 1 nitrogen and oxygen atoms in total. The molecule has 1 unspecified atom stereocenters. The van der Waals surface area contributed by atoms with E-state index in [1.54, 1.807) is 0 Å². The van der Waals surface area contributed by atoms with Crippen LogP contribution in [0.15, 0.2) is 0 Å². The van der Waals surface area contributed by atoms with Crippen molar-refractivity contribution in [1.82, 2.24) is 0 Å². The van der Waals surface area contributed by atoms with E-state index in [0.29, 0.717) is 12.0 Å². The molecule has 36 valence electrons. The second kappa shape index (κ2) is 3.21. The summed E-state index contributed by atoms with van der Waals surface area (Å²) >= 11 is 5.27. The first-order valence-electron chi connectivity index (χ1n) is 1.61. The van der Waals surface area contributed by atoms with E-state index < -0.39 is 0 Å². The standard InChI is InChI=1S/C3H5ClO.Pb.2H/c4-1-3-2-5-3;;;/h3H,1-2H2;;;. The topological polar surface area (TPSA) is 12.5 Å². The van der Waals surface area contributed by atoms with E-state index in [-0.39, 0.29) is 27.3 Å². The van der Waals surface area contributed by atoms with Crippen molar-refractivity contribution >= 4 is 38.9 Å². The van der Waals surface area contributed by atoms with Gasteiger partial charge in [-0.3, -0.25) is 0 Å². The van der Waals surface area contributed by atoms with Crippen LogP contribution in [-0.4, -0.2) is 45.9 Å². The third kappa shape index (κ3) is 2.36. The van der Waals surface area contributed by atoms with E-state index in [1.165, 1.54) is 0 Å². The second-order valence-electron chi connectivity index (χ2n) is 1.11. The van der Waals surface area contributed by atoms with Crippen molar-refractivity contribution in [1.29, 1.82) is 0 Å². The van der Waals surface area contributed by atoms with Crippen LogP contribution in [0.5, 0.6) is 0 Å². The molecule has 0 aromatic heterocycles. The van der Waals surface area contributed by atoms with Crippen LogP contribution in [-0.2, 0) is 4.74 Å². The Labute approximate surface area is 62.2 Å². The summed E-state index contributed by atoms with van der Waals surface area (Å²) in [4.78, 5) is 0. The molecular formula is C3H7ClOPb. The summed E-state index contributed by atoms with van der Waals surface area (Å²) < 4.78 is 4.73. The van der Waals surface area contributed by atoms with Gasteiger partial charge in [0.15, 0.2) is 0 Å². The van der Waals surface area contributed by atoms with Gasteiger partial charge in [0.25, 0.3) is 0 Å². The molecule has 1 fully saturated rings. The Morgan fingerprint density at radius 1 is 1.83 bits per heavy atom. The molecular weight excluding hydrogens is 295 g/mol. The van der Waals surface area contributed by atoms with Crippen LogP contribution in [0.3, 0.4) is 0 Å². The summed E-state index contributed by atoms with van der Waals surface area (Å²) in [6.45, 7) is 0.878. The molecule has 0 aliphatic carbocycles. The molecule has 0 saturated carbocycles. The Morgan fingerprint density at radius 3 is 2.33 bits per heavy atom. The Hall–Kier alpha value is 1.17. The van der Waals surface area contributed by atoms with Gasteiger partial charge in [-0.05, 0) is 0 Å². The van der Waals surface area contributed by atoms with Crippen molar-refractivity contribution in [3.05, 3.63) is 0 Å². The summed E-state index contributed by atoms with van der Waals surface area (Å²) in [5, 5.41) is 0. The predicted molar refractivity (Wildman–Crippen MR) is 29.0 cm³/mol. The molecule has 0 spiro atoms. The monoisotopic (exact) mass is 302 g/mol. The average molecular weight is 302 g/mol. The van der Waals surface area contributed by atoms with Crippen molar-refractivity contribution in [3.63, 3.8) is 0 Å². The number of epoxide rings is 1. The molecule has 0 aromatic carbocycles. The van der Waals surface area contributed by atoms with Gasteiger partial charge in [0.2, 0.25) is 0 Å². The molecule has 6 heavy (non-hydrogen) atoms. The molecule has 1 saturated heterocycles. The van der Waals surface area contributed by atoms with Gasteiger partial charge in [-0.1, -0.05) is 0 Å². The quantitative estimate of drug-likeness (QED) is 0.368. The first-order valence-corrected chi connectivity index (χ1v) is 2.14. The fourth-order valence-electron chi connectivity index (χ4n) is 0.157. The van der Waals surface area contributed by atoms with E-state index in [2.05, 4.69) is 0 Å². The molecule has 1 aliphatic heterocycles. The molecule has 1 aliphatic rings. The first kappa shape index (κ1) is 7.17. The minimum atomic E-state index is 0. The van der Waals surface area contributed by atoms with Crippen LogP contribution >= 0.6 is 11.6 Å². The maximum absolute atomic E-state index is 5.27. The SMILES string of the molecule is ClCC1CO1.[PbH2]. The predicted octanol–water partition coefficient (Wildman–Crippen LogP) is -0.292. The van der Waals surface area contributed by atoms with Crippen LogP contribution < -0.4 is 0 Å². The molecule has 3 heteroatoms. The zero-order chi connectivity index (χ0) is 3.70. The average Bonchev–Trinajstić information content (AvgIpc) is 2.12. The van der Waals surface area contributed by atoms with Gasteiger partial charge in [-0.2, -0.15) is 0 Å². The second-order valence-corrected chi connectivity index (χ2v) is 1.42. The molecule has 2 radical (unpaired) electrons. The van der Waals surface area contributed by atoms with E-state index >= 15 is 0 Å². The zero-order valence-corrected chi connectivity index (χ0v) is 9.74. The van der Waals surface area contributed by atoms with Gasteiger partial charge >= 0.3 is 27.3 Å². The zero-order valence-electron chi connectivity index (χ0n) is 3.48. The van der Waals surface area contributed by atoms with Crippen LogP contribution in [0.25, 0.3) is 0 Å². The number of hydrogen-bond acceptors (Lipinski definition) is 1. The van der Waals surface area contributed by atoms with Crippen LogP contribution in [0, 0.1) is 0 Å².